The van der Waals surface area contributed by atoms with E-state index in [1.165, 1.54) is 81.8 Å². The minimum Gasteiger partial charge on any atom is -1.00 e. The molecule has 0 bridgehead atoms. The fraction of sp³-hybridized carbons (Fsp3) is 0.739. The van der Waals surface area contributed by atoms with Crippen molar-refractivity contribution in [2.24, 2.45) is 11.8 Å². The molecule has 1 aliphatic carbocycles. The Morgan fingerprint density at radius 1 is 0.920 bits per heavy atom. The molecule has 1 unspecified atom stereocenters. The number of likely N-dealkylation sites (tertiary alicyclic amines) is 1. The molecule has 2 heteroatoms. The Kier molecular flexibility index (Phi) is 8.74. The number of hydrogen-bond acceptors (Lipinski definition) is 0. The van der Waals surface area contributed by atoms with E-state index in [2.05, 4.69) is 44.4 Å². The molecular formula is C23H38IN. The van der Waals surface area contributed by atoms with Gasteiger partial charge in [0.15, 0.2) is 0 Å². The van der Waals surface area contributed by atoms with E-state index in [9.17, 15) is 0 Å². The Labute approximate surface area is 173 Å². The maximum Gasteiger partial charge on any atom is 0.0785 e. The lowest BCUT2D eigenvalue weighted by atomic mass is 9.74. The van der Waals surface area contributed by atoms with Crippen LogP contribution in [-0.2, 0) is 0 Å². The summed E-state index contributed by atoms with van der Waals surface area (Å²) in [5.74, 6) is 2.77. The summed E-state index contributed by atoms with van der Waals surface area (Å²) < 4.78 is 1.24. The van der Waals surface area contributed by atoms with E-state index >= 15 is 0 Å². The zero-order valence-corrected chi connectivity index (χ0v) is 18.6. The number of hydrogen-bond donors (Lipinski definition) is 0. The highest BCUT2D eigenvalue weighted by Gasteiger charge is 2.27. The van der Waals surface area contributed by atoms with Crippen molar-refractivity contribution in [3.63, 3.8) is 0 Å². The van der Waals surface area contributed by atoms with Gasteiger partial charge in [-0.05, 0) is 61.8 Å². The van der Waals surface area contributed by atoms with Crippen molar-refractivity contribution >= 4 is 0 Å². The molecular weight excluding hydrogens is 417 g/mol. The molecule has 1 aliphatic heterocycles. The monoisotopic (exact) mass is 455 g/mol. The highest BCUT2D eigenvalue weighted by atomic mass is 127. The maximum atomic E-state index is 2.39. The van der Waals surface area contributed by atoms with Crippen LogP contribution in [0.15, 0.2) is 30.3 Å². The fourth-order valence-corrected chi connectivity index (χ4v) is 5.15. The van der Waals surface area contributed by atoms with Crippen LogP contribution >= 0.6 is 0 Å². The van der Waals surface area contributed by atoms with E-state index < -0.39 is 0 Å². The number of halogens is 1. The third kappa shape index (κ3) is 6.53. The molecule has 3 rings (SSSR count). The van der Waals surface area contributed by atoms with Gasteiger partial charge in [0.1, 0.15) is 0 Å². The van der Waals surface area contributed by atoms with Gasteiger partial charge in [-0.25, -0.2) is 0 Å². The molecule has 0 spiro atoms. The molecule has 0 radical (unpaired) electrons. The van der Waals surface area contributed by atoms with Crippen LogP contribution in [0.1, 0.15) is 75.7 Å². The Morgan fingerprint density at radius 2 is 1.56 bits per heavy atom. The summed E-state index contributed by atoms with van der Waals surface area (Å²) in [6.45, 7) is 2.77. The summed E-state index contributed by atoms with van der Waals surface area (Å²) in [4.78, 5) is 0. The van der Waals surface area contributed by atoms with Gasteiger partial charge < -0.3 is 28.5 Å². The van der Waals surface area contributed by atoms with Crippen LogP contribution in [0.25, 0.3) is 0 Å². The quantitative estimate of drug-likeness (QED) is 0.457. The molecule has 1 nitrogen and oxygen atoms in total. The first-order valence-electron chi connectivity index (χ1n) is 10.5. The summed E-state index contributed by atoms with van der Waals surface area (Å²) in [7, 11) is 4.79. The van der Waals surface area contributed by atoms with Crippen molar-refractivity contribution in [3.05, 3.63) is 35.9 Å². The van der Waals surface area contributed by atoms with Crippen molar-refractivity contribution in [1.82, 2.24) is 0 Å². The highest BCUT2D eigenvalue weighted by molar-refractivity contribution is 5.20. The van der Waals surface area contributed by atoms with Crippen LogP contribution < -0.4 is 24.0 Å². The Morgan fingerprint density at radius 3 is 2.20 bits per heavy atom. The number of piperidine rings is 1. The second-order valence-corrected chi connectivity index (χ2v) is 9.17. The predicted molar refractivity (Wildman–Crippen MR) is 104 cm³/mol. The molecule has 0 N–H and O–H groups in total. The van der Waals surface area contributed by atoms with E-state index in [0.29, 0.717) is 0 Å². The van der Waals surface area contributed by atoms with Crippen molar-refractivity contribution in [2.75, 3.05) is 27.2 Å². The Bertz CT molecular complexity index is 468. The molecule has 0 aromatic heterocycles. The molecule has 2 fully saturated rings. The van der Waals surface area contributed by atoms with Gasteiger partial charge in [-0.2, -0.15) is 0 Å². The third-order valence-corrected chi connectivity index (χ3v) is 6.86. The van der Waals surface area contributed by atoms with Crippen molar-refractivity contribution in [2.45, 2.75) is 70.1 Å². The van der Waals surface area contributed by atoms with Crippen molar-refractivity contribution in [1.29, 1.82) is 0 Å². The molecule has 1 aromatic rings. The van der Waals surface area contributed by atoms with E-state index in [0.717, 1.165) is 17.8 Å². The topological polar surface area (TPSA) is 0 Å². The van der Waals surface area contributed by atoms with Gasteiger partial charge in [0.25, 0.3) is 0 Å². The van der Waals surface area contributed by atoms with Crippen molar-refractivity contribution in [3.8, 4) is 0 Å². The fourth-order valence-electron chi connectivity index (χ4n) is 5.15. The number of nitrogens with zero attached hydrogens (tertiary/aromatic N) is 1. The summed E-state index contributed by atoms with van der Waals surface area (Å²) in [5.41, 5.74) is 1.62. The molecule has 1 saturated heterocycles. The number of quaternary nitrogens is 1. The van der Waals surface area contributed by atoms with E-state index in [4.69, 9.17) is 0 Å². The molecule has 1 aromatic carbocycles. The zero-order chi connectivity index (χ0) is 16.8. The molecule has 25 heavy (non-hydrogen) atoms. The lowest BCUT2D eigenvalue weighted by molar-refractivity contribution is -0.896. The average Bonchev–Trinajstić information content (AvgIpc) is 2.61. The largest absolute Gasteiger partial charge is 1.00 e. The summed E-state index contributed by atoms with van der Waals surface area (Å²) in [6, 6.07) is 11.4. The summed E-state index contributed by atoms with van der Waals surface area (Å²) in [5, 5.41) is 0. The van der Waals surface area contributed by atoms with Crippen molar-refractivity contribution < 1.29 is 28.5 Å². The van der Waals surface area contributed by atoms with Crippen LogP contribution in [0, 0.1) is 11.8 Å². The molecule has 1 atom stereocenters. The first-order valence-corrected chi connectivity index (χ1v) is 10.5. The maximum absolute atomic E-state index is 2.39. The first-order chi connectivity index (χ1) is 11.6. The van der Waals surface area contributed by atoms with Gasteiger partial charge >= 0.3 is 0 Å². The predicted octanol–water partition coefficient (Wildman–Crippen LogP) is 3.01. The van der Waals surface area contributed by atoms with Crippen LogP contribution in [0.5, 0.6) is 0 Å². The SMILES string of the molecule is C[N+]1(C)CCC(CCCC(c2ccccc2)C2CCCCC2)CC1.[I-]. The molecule has 1 saturated carbocycles. The van der Waals surface area contributed by atoms with Gasteiger partial charge in [0.2, 0.25) is 0 Å². The summed E-state index contributed by atoms with van der Waals surface area (Å²) >= 11 is 0. The van der Waals surface area contributed by atoms with Crippen LogP contribution in [-0.4, -0.2) is 31.7 Å². The third-order valence-electron chi connectivity index (χ3n) is 6.86. The lowest BCUT2D eigenvalue weighted by Gasteiger charge is -2.37. The van der Waals surface area contributed by atoms with Gasteiger partial charge in [-0.3, -0.25) is 0 Å². The number of benzene rings is 1. The summed E-state index contributed by atoms with van der Waals surface area (Å²) in [6.07, 6.45) is 14.6. The first kappa shape index (κ1) is 21.2. The van der Waals surface area contributed by atoms with Gasteiger partial charge in [0, 0.05) is 0 Å². The normalized spacial score (nSPS) is 23.0. The van der Waals surface area contributed by atoms with E-state index in [1.807, 2.05) is 0 Å². The highest BCUT2D eigenvalue weighted by Crippen LogP contribution is 2.39. The lowest BCUT2D eigenvalue weighted by Crippen LogP contribution is -3.00. The molecule has 2 aliphatic rings. The average molecular weight is 455 g/mol. The van der Waals surface area contributed by atoms with Crippen LogP contribution in [0.3, 0.4) is 0 Å². The Balaban J connectivity index is 0.00000225. The number of rotatable bonds is 6. The van der Waals surface area contributed by atoms with Gasteiger partial charge in [-0.15, -0.1) is 0 Å². The minimum atomic E-state index is 0. The Hall–Kier alpha value is -0.0900. The standard InChI is InChI=1S/C23H38N.HI/c1-24(2)18-16-20(17-19-24)10-9-15-23(21-11-5-3-6-12-21)22-13-7-4-8-14-22;/h3,5-6,11-12,20,22-23H,4,7-10,13-19H2,1-2H3;1H/q+1;/p-1. The minimum absolute atomic E-state index is 0. The zero-order valence-electron chi connectivity index (χ0n) is 16.4. The molecule has 142 valence electrons. The van der Waals surface area contributed by atoms with Gasteiger partial charge in [-0.1, -0.05) is 56.0 Å². The second-order valence-electron chi connectivity index (χ2n) is 9.17. The smallest absolute Gasteiger partial charge is 0.0785 e. The molecule has 0 amide bonds. The van der Waals surface area contributed by atoms with Crippen LogP contribution in [0.4, 0.5) is 0 Å². The van der Waals surface area contributed by atoms with Gasteiger partial charge in [0.05, 0.1) is 27.2 Å². The second kappa shape index (κ2) is 10.3. The van der Waals surface area contributed by atoms with E-state index in [-0.39, 0.29) is 24.0 Å². The van der Waals surface area contributed by atoms with E-state index in [1.54, 1.807) is 5.56 Å². The van der Waals surface area contributed by atoms with Crippen LogP contribution in [0.2, 0.25) is 0 Å². The molecule has 1 heterocycles.